The van der Waals surface area contributed by atoms with Gasteiger partial charge in [0.2, 0.25) is 0 Å². The van der Waals surface area contributed by atoms with Crippen LogP contribution < -0.4 is 0 Å². The van der Waals surface area contributed by atoms with Crippen molar-refractivity contribution in [3.8, 4) is 0 Å². The molecule has 0 aliphatic carbocycles. The maximum atomic E-state index is 13.7. The number of benzene rings is 1. The largest absolute Gasteiger partial charge is 0.335 e. The summed E-state index contributed by atoms with van der Waals surface area (Å²) in [6.07, 6.45) is 1.97. The fraction of sp³-hybridized carbons (Fsp3) is 0.500. The molecule has 0 radical (unpaired) electrons. The first-order chi connectivity index (χ1) is 8.50. The van der Waals surface area contributed by atoms with E-state index in [9.17, 15) is 9.18 Å². The van der Waals surface area contributed by atoms with Crippen molar-refractivity contribution in [1.82, 2.24) is 4.90 Å². The Hall–Kier alpha value is -1.09. The monoisotopic (exact) mass is 269 g/mol. The van der Waals surface area contributed by atoms with E-state index in [2.05, 4.69) is 13.8 Å². The summed E-state index contributed by atoms with van der Waals surface area (Å²) in [7, 11) is 0. The zero-order valence-electron chi connectivity index (χ0n) is 10.6. The van der Waals surface area contributed by atoms with Crippen molar-refractivity contribution in [2.24, 2.45) is 5.92 Å². The highest BCUT2D eigenvalue weighted by atomic mass is 35.5. The molecule has 0 saturated carbocycles. The van der Waals surface area contributed by atoms with Crippen LogP contribution in [0, 0.1) is 11.7 Å². The van der Waals surface area contributed by atoms with Crippen LogP contribution in [0.3, 0.4) is 0 Å². The standard InChI is InChI=1S/C14H17ClFNO/c1-9(2)13-4-3-7-17(13)14(18)11-8-10(15)5-6-12(11)16/h5-6,8-9,13H,3-4,7H2,1-2H3. The van der Waals surface area contributed by atoms with E-state index in [1.807, 2.05) is 0 Å². The number of halogens is 2. The average molecular weight is 270 g/mol. The molecule has 1 fully saturated rings. The molecule has 1 unspecified atom stereocenters. The fourth-order valence-corrected chi connectivity index (χ4v) is 2.73. The Morgan fingerprint density at radius 1 is 1.50 bits per heavy atom. The van der Waals surface area contributed by atoms with Crippen molar-refractivity contribution in [3.05, 3.63) is 34.6 Å². The van der Waals surface area contributed by atoms with Gasteiger partial charge in [-0.2, -0.15) is 0 Å². The quantitative estimate of drug-likeness (QED) is 0.801. The molecule has 1 aromatic rings. The van der Waals surface area contributed by atoms with Crippen molar-refractivity contribution in [2.75, 3.05) is 6.54 Å². The second-order valence-corrected chi connectivity index (χ2v) is 5.51. The number of rotatable bonds is 2. The average Bonchev–Trinajstić information content (AvgIpc) is 2.80. The fourth-order valence-electron chi connectivity index (χ4n) is 2.55. The Bertz CT molecular complexity index is 461. The van der Waals surface area contributed by atoms with Crippen LogP contribution in [-0.2, 0) is 0 Å². The molecule has 1 aliphatic rings. The second-order valence-electron chi connectivity index (χ2n) is 5.08. The van der Waals surface area contributed by atoms with Gasteiger partial charge in [0.1, 0.15) is 5.82 Å². The summed E-state index contributed by atoms with van der Waals surface area (Å²) < 4.78 is 13.7. The van der Waals surface area contributed by atoms with E-state index in [-0.39, 0.29) is 17.5 Å². The number of amides is 1. The number of hydrogen-bond acceptors (Lipinski definition) is 1. The van der Waals surface area contributed by atoms with Crippen molar-refractivity contribution < 1.29 is 9.18 Å². The van der Waals surface area contributed by atoms with Crippen molar-refractivity contribution in [3.63, 3.8) is 0 Å². The Morgan fingerprint density at radius 3 is 2.89 bits per heavy atom. The van der Waals surface area contributed by atoms with E-state index in [0.29, 0.717) is 17.5 Å². The lowest BCUT2D eigenvalue weighted by molar-refractivity contribution is 0.0697. The van der Waals surface area contributed by atoms with E-state index in [1.54, 1.807) is 4.90 Å². The topological polar surface area (TPSA) is 20.3 Å². The van der Waals surface area contributed by atoms with Gasteiger partial charge in [0.05, 0.1) is 5.56 Å². The highest BCUT2D eigenvalue weighted by Gasteiger charge is 2.32. The van der Waals surface area contributed by atoms with Gasteiger partial charge in [0.15, 0.2) is 0 Å². The summed E-state index contributed by atoms with van der Waals surface area (Å²) in [5.74, 6) is -0.358. The van der Waals surface area contributed by atoms with Crippen LogP contribution in [0.15, 0.2) is 18.2 Å². The zero-order valence-corrected chi connectivity index (χ0v) is 11.4. The van der Waals surface area contributed by atoms with Gasteiger partial charge in [-0.05, 0) is 37.0 Å². The Labute approximate surface area is 112 Å². The SMILES string of the molecule is CC(C)C1CCCN1C(=O)c1cc(Cl)ccc1F. The summed E-state index contributed by atoms with van der Waals surface area (Å²) in [6.45, 7) is 4.88. The molecule has 98 valence electrons. The minimum Gasteiger partial charge on any atom is -0.335 e. The normalized spacial score (nSPS) is 19.6. The zero-order chi connectivity index (χ0) is 13.3. The van der Waals surface area contributed by atoms with E-state index >= 15 is 0 Å². The van der Waals surface area contributed by atoms with Gasteiger partial charge in [0.25, 0.3) is 5.91 Å². The third-order valence-corrected chi connectivity index (χ3v) is 3.72. The van der Waals surface area contributed by atoms with Gasteiger partial charge >= 0.3 is 0 Å². The van der Waals surface area contributed by atoms with Gasteiger partial charge < -0.3 is 4.90 Å². The van der Waals surface area contributed by atoms with Crippen LogP contribution in [0.1, 0.15) is 37.0 Å². The molecule has 4 heteroatoms. The summed E-state index contributed by atoms with van der Waals surface area (Å²) in [5.41, 5.74) is 0.0788. The molecule has 2 rings (SSSR count). The van der Waals surface area contributed by atoms with E-state index in [1.165, 1.54) is 18.2 Å². The van der Waals surface area contributed by atoms with Gasteiger partial charge in [-0.1, -0.05) is 25.4 Å². The van der Waals surface area contributed by atoms with Crippen LogP contribution in [0.2, 0.25) is 5.02 Å². The molecular weight excluding hydrogens is 253 g/mol. The molecule has 18 heavy (non-hydrogen) atoms. The molecule has 2 nitrogen and oxygen atoms in total. The Morgan fingerprint density at radius 2 is 2.22 bits per heavy atom. The molecule has 0 bridgehead atoms. The van der Waals surface area contributed by atoms with Crippen molar-refractivity contribution >= 4 is 17.5 Å². The van der Waals surface area contributed by atoms with Crippen molar-refractivity contribution in [2.45, 2.75) is 32.7 Å². The molecule has 1 aromatic carbocycles. The first-order valence-corrected chi connectivity index (χ1v) is 6.64. The molecule has 1 saturated heterocycles. The second kappa shape index (κ2) is 5.27. The predicted molar refractivity (Wildman–Crippen MR) is 70.3 cm³/mol. The first kappa shape index (κ1) is 13.3. The van der Waals surface area contributed by atoms with Gasteiger partial charge in [-0.3, -0.25) is 4.79 Å². The van der Waals surface area contributed by atoms with Gasteiger partial charge in [-0.25, -0.2) is 4.39 Å². The lowest BCUT2D eigenvalue weighted by atomic mass is 10.0. The number of nitrogens with zero attached hydrogens (tertiary/aromatic N) is 1. The third kappa shape index (κ3) is 2.51. The third-order valence-electron chi connectivity index (χ3n) is 3.49. The first-order valence-electron chi connectivity index (χ1n) is 6.26. The van der Waals surface area contributed by atoms with E-state index < -0.39 is 5.82 Å². The van der Waals surface area contributed by atoms with Crippen LogP contribution in [0.4, 0.5) is 4.39 Å². The van der Waals surface area contributed by atoms with E-state index in [4.69, 9.17) is 11.6 Å². The van der Waals surface area contributed by atoms with E-state index in [0.717, 1.165) is 12.8 Å². The summed E-state index contributed by atoms with van der Waals surface area (Å²) in [4.78, 5) is 14.1. The number of carbonyl (C=O) groups excluding carboxylic acids is 1. The van der Waals surface area contributed by atoms with Gasteiger partial charge in [0, 0.05) is 17.6 Å². The molecule has 1 atom stereocenters. The highest BCUT2D eigenvalue weighted by molar-refractivity contribution is 6.31. The highest BCUT2D eigenvalue weighted by Crippen LogP contribution is 2.27. The lowest BCUT2D eigenvalue weighted by Gasteiger charge is -2.27. The van der Waals surface area contributed by atoms with Gasteiger partial charge in [-0.15, -0.1) is 0 Å². The summed E-state index contributed by atoms with van der Waals surface area (Å²) in [6, 6.07) is 4.32. The number of hydrogen-bond donors (Lipinski definition) is 0. The molecule has 1 amide bonds. The van der Waals surface area contributed by atoms with Crippen molar-refractivity contribution in [1.29, 1.82) is 0 Å². The maximum Gasteiger partial charge on any atom is 0.257 e. The minimum absolute atomic E-state index is 0.0788. The molecule has 1 heterocycles. The lowest BCUT2D eigenvalue weighted by Crippen LogP contribution is -2.38. The molecule has 0 aromatic heterocycles. The Kier molecular flexibility index (Phi) is 3.91. The smallest absolute Gasteiger partial charge is 0.257 e. The van der Waals surface area contributed by atoms with Crippen LogP contribution in [0.25, 0.3) is 0 Å². The predicted octanol–water partition coefficient (Wildman–Crippen LogP) is 3.74. The minimum atomic E-state index is -0.501. The maximum absolute atomic E-state index is 13.7. The summed E-state index contributed by atoms with van der Waals surface area (Å²) >= 11 is 5.83. The molecular formula is C14H17ClFNO. The number of carbonyl (C=O) groups is 1. The molecule has 0 N–H and O–H groups in total. The molecule has 0 spiro atoms. The number of likely N-dealkylation sites (tertiary alicyclic amines) is 1. The van der Waals surface area contributed by atoms with Crippen LogP contribution in [-0.4, -0.2) is 23.4 Å². The summed E-state index contributed by atoms with van der Waals surface area (Å²) in [5, 5.41) is 0.389. The van der Waals surface area contributed by atoms with Crippen LogP contribution in [0.5, 0.6) is 0 Å². The molecule has 1 aliphatic heterocycles. The van der Waals surface area contributed by atoms with Crippen LogP contribution >= 0.6 is 11.6 Å². The Balaban J connectivity index is 2.28.